The summed E-state index contributed by atoms with van der Waals surface area (Å²) >= 11 is 5.81. The molecule has 0 fully saturated rings. The molecule has 0 aromatic heterocycles. The second kappa shape index (κ2) is 7.10. The Morgan fingerprint density at radius 1 is 1.22 bits per heavy atom. The van der Waals surface area contributed by atoms with Gasteiger partial charge >= 0.3 is 0 Å². The number of benzene rings is 1. The van der Waals surface area contributed by atoms with E-state index in [0.717, 1.165) is 13.0 Å². The molecule has 0 aliphatic carbocycles. The predicted molar refractivity (Wildman–Crippen MR) is 76.6 cm³/mol. The number of rotatable bonds is 6. The lowest BCUT2D eigenvalue weighted by molar-refractivity contribution is 0.345. The van der Waals surface area contributed by atoms with E-state index >= 15 is 0 Å². The molecule has 1 aromatic rings. The van der Waals surface area contributed by atoms with E-state index in [1.54, 1.807) is 6.07 Å². The average Bonchev–Trinajstić information content (AvgIpc) is 2.29. The van der Waals surface area contributed by atoms with Gasteiger partial charge in [0.1, 0.15) is 5.82 Å². The van der Waals surface area contributed by atoms with Crippen LogP contribution in [0.2, 0.25) is 5.02 Å². The van der Waals surface area contributed by atoms with Gasteiger partial charge in [0.2, 0.25) is 0 Å². The van der Waals surface area contributed by atoms with Gasteiger partial charge < -0.3 is 5.32 Å². The smallest absolute Gasteiger partial charge is 0.144 e. The molecule has 1 nitrogen and oxygen atoms in total. The molecule has 0 saturated heterocycles. The average molecular weight is 272 g/mol. The molecule has 0 bridgehead atoms. The third-order valence-corrected chi connectivity index (χ3v) is 3.54. The molecule has 102 valence electrons. The molecular weight excluding hydrogens is 249 g/mol. The van der Waals surface area contributed by atoms with Crippen molar-refractivity contribution in [2.45, 2.75) is 40.2 Å². The van der Waals surface area contributed by atoms with Crippen molar-refractivity contribution in [3.63, 3.8) is 0 Å². The summed E-state index contributed by atoms with van der Waals surface area (Å²) in [7, 11) is 0. The number of hydrogen-bond acceptors (Lipinski definition) is 1. The normalized spacial score (nSPS) is 13.3. The first kappa shape index (κ1) is 15.5. The van der Waals surface area contributed by atoms with Crippen LogP contribution in [0.15, 0.2) is 18.2 Å². The minimum atomic E-state index is -0.269. The quantitative estimate of drug-likeness (QED) is 0.814. The van der Waals surface area contributed by atoms with E-state index in [2.05, 4.69) is 33.0 Å². The highest BCUT2D eigenvalue weighted by Gasteiger charge is 2.17. The fraction of sp³-hybridized carbons (Fsp3) is 0.600. The van der Waals surface area contributed by atoms with E-state index in [0.29, 0.717) is 23.4 Å². The van der Waals surface area contributed by atoms with Crippen molar-refractivity contribution in [2.24, 2.45) is 11.8 Å². The third-order valence-electron chi connectivity index (χ3n) is 3.24. The minimum absolute atomic E-state index is 0.215. The zero-order valence-electron chi connectivity index (χ0n) is 11.6. The largest absolute Gasteiger partial charge is 0.314 e. The highest BCUT2D eigenvalue weighted by Crippen LogP contribution is 2.23. The van der Waals surface area contributed by atoms with E-state index < -0.39 is 0 Å². The van der Waals surface area contributed by atoms with Crippen LogP contribution in [0.25, 0.3) is 0 Å². The van der Waals surface area contributed by atoms with E-state index in [4.69, 9.17) is 11.6 Å². The number of halogens is 2. The van der Waals surface area contributed by atoms with E-state index in [-0.39, 0.29) is 10.8 Å². The van der Waals surface area contributed by atoms with Gasteiger partial charge in [-0.25, -0.2) is 4.39 Å². The molecule has 1 aromatic carbocycles. The number of hydrogen-bond donors (Lipinski definition) is 1. The van der Waals surface area contributed by atoms with Gasteiger partial charge in [-0.05, 0) is 36.4 Å². The Hall–Kier alpha value is -0.600. The Balaban J connectivity index is 2.74. The van der Waals surface area contributed by atoms with Crippen LogP contribution in [0, 0.1) is 17.7 Å². The van der Waals surface area contributed by atoms with Gasteiger partial charge in [0.05, 0.1) is 5.02 Å². The molecular formula is C15H23ClFN. The van der Waals surface area contributed by atoms with Crippen LogP contribution in [-0.2, 0) is 6.42 Å². The Labute approximate surface area is 115 Å². The highest BCUT2D eigenvalue weighted by molar-refractivity contribution is 6.30. The Kier molecular flexibility index (Phi) is 6.10. The Morgan fingerprint density at radius 2 is 1.89 bits per heavy atom. The van der Waals surface area contributed by atoms with Gasteiger partial charge in [-0.15, -0.1) is 0 Å². The van der Waals surface area contributed by atoms with Crippen LogP contribution >= 0.6 is 11.6 Å². The molecule has 1 unspecified atom stereocenters. The first-order chi connectivity index (χ1) is 8.41. The van der Waals surface area contributed by atoms with Crippen LogP contribution in [0.4, 0.5) is 4.39 Å². The molecule has 0 aliphatic heterocycles. The summed E-state index contributed by atoms with van der Waals surface area (Å²) in [6.07, 6.45) is 0.726. The van der Waals surface area contributed by atoms with Crippen molar-refractivity contribution in [1.29, 1.82) is 0 Å². The van der Waals surface area contributed by atoms with Gasteiger partial charge in [-0.3, -0.25) is 0 Å². The lowest BCUT2D eigenvalue weighted by atomic mass is 9.89. The first-order valence-electron chi connectivity index (χ1n) is 6.58. The Bertz CT molecular complexity index is 377. The summed E-state index contributed by atoms with van der Waals surface area (Å²) in [5.41, 5.74) is 0.715. The zero-order chi connectivity index (χ0) is 13.7. The van der Waals surface area contributed by atoms with Crippen molar-refractivity contribution < 1.29 is 4.39 Å². The van der Waals surface area contributed by atoms with Gasteiger partial charge in [-0.2, -0.15) is 0 Å². The van der Waals surface area contributed by atoms with Gasteiger partial charge in [0.25, 0.3) is 0 Å². The fourth-order valence-electron chi connectivity index (χ4n) is 1.92. The second-order valence-electron chi connectivity index (χ2n) is 5.48. The molecule has 0 radical (unpaired) electrons. The molecule has 0 spiro atoms. The third kappa shape index (κ3) is 4.58. The standard InChI is InChI=1S/C15H23ClFN/c1-10(2)13(9-18-11(3)4)8-12-6-5-7-14(16)15(12)17/h5-7,10-11,13,18H,8-9H2,1-4H3. The Morgan fingerprint density at radius 3 is 2.44 bits per heavy atom. The van der Waals surface area contributed by atoms with E-state index in [1.807, 2.05) is 12.1 Å². The molecule has 3 heteroatoms. The lowest BCUT2D eigenvalue weighted by Gasteiger charge is -2.23. The molecule has 0 saturated carbocycles. The maximum atomic E-state index is 13.9. The zero-order valence-corrected chi connectivity index (χ0v) is 12.4. The summed E-state index contributed by atoms with van der Waals surface area (Å²) in [6, 6.07) is 5.69. The van der Waals surface area contributed by atoms with Crippen LogP contribution in [0.3, 0.4) is 0 Å². The van der Waals surface area contributed by atoms with E-state index in [1.165, 1.54) is 0 Å². The topological polar surface area (TPSA) is 12.0 Å². The van der Waals surface area contributed by atoms with Crippen molar-refractivity contribution in [2.75, 3.05) is 6.54 Å². The lowest BCUT2D eigenvalue weighted by Crippen LogP contribution is -2.32. The van der Waals surface area contributed by atoms with Crippen LogP contribution in [0.1, 0.15) is 33.3 Å². The predicted octanol–water partition coefficient (Wildman–Crippen LogP) is 4.29. The summed E-state index contributed by atoms with van der Waals surface area (Å²) < 4.78 is 13.9. The minimum Gasteiger partial charge on any atom is -0.314 e. The molecule has 18 heavy (non-hydrogen) atoms. The van der Waals surface area contributed by atoms with Gasteiger partial charge in [-0.1, -0.05) is 51.4 Å². The van der Waals surface area contributed by atoms with Crippen molar-refractivity contribution >= 4 is 11.6 Å². The van der Waals surface area contributed by atoms with Crippen LogP contribution in [-0.4, -0.2) is 12.6 Å². The molecule has 0 amide bonds. The number of nitrogens with one attached hydrogen (secondary N) is 1. The summed E-state index contributed by atoms with van der Waals surface area (Å²) in [5.74, 6) is 0.657. The molecule has 1 rings (SSSR count). The summed E-state index contributed by atoms with van der Waals surface area (Å²) in [5, 5.41) is 3.64. The summed E-state index contributed by atoms with van der Waals surface area (Å²) in [6.45, 7) is 9.50. The molecule has 0 aliphatic rings. The molecule has 1 atom stereocenters. The van der Waals surface area contributed by atoms with Gasteiger partial charge in [0, 0.05) is 6.04 Å². The first-order valence-corrected chi connectivity index (χ1v) is 6.95. The molecule has 1 N–H and O–H groups in total. The van der Waals surface area contributed by atoms with E-state index in [9.17, 15) is 4.39 Å². The SMILES string of the molecule is CC(C)NCC(Cc1cccc(Cl)c1F)C(C)C. The highest BCUT2D eigenvalue weighted by atomic mass is 35.5. The monoisotopic (exact) mass is 271 g/mol. The maximum Gasteiger partial charge on any atom is 0.144 e. The van der Waals surface area contributed by atoms with Crippen LogP contribution in [0.5, 0.6) is 0 Å². The summed E-state index contributed by atoms with van der Waals surface area (Å²) in [4.78, 5) is 0. The van der Waals surface area contributed by atoms with Gasteiger partial charge in [0.15, 0.2) is 0 Å². The maximum absolute atomic E-state index is 13.9. The van der Waals surface area contributed by atoms with Crippen LogP contribution < -0.4 is 5.32 Å². The van der Waals surface area contributed by atoms with Crippen molar-refractivity contribution in [1.82, 2.24) is 5.32 Å². The molecule has 0 heterocycles. The van der Waals surface area contributed by atoms with Crippen molar-refractivity contribution in [3.8, 4) is 0 Å². The second-order valence-corrected chi connectivity index (χ2v) is 5.89. The fourth-order valence-corrected chi connectivity index (χ4v) is 2.11. The van der Waals surface area contributed by atoms with Crippen molar-refractivity contribution in [3.05, 3.63) is 34.6 Å².